The number of hydrogen-bond acceptors (Lipinski definition) is 4. The van der Waals surface area contributed by atoms with Crippen molar-refractivity contribution in [1.82, 2.24) is 20.0 Å². The van der Waals surface area contributed by atoms with Crippen LogP contribution in [0.5, 0.6) is 0 Å². The zero-order valence-electron chi connectivity index (χ0n) is 19.5. The molecule has 0 radical (unpaired) electrons. The van der Waals surface area contributed by atoms with Gasteiger partial charge in [0.05, 0.1) is 12.6 Å². The Bertz CT molecular complexity index is 788. The average molecular weight is 556 g/mol. The summed E-state index contributed by atoms with van der Waals surface area (Å²) in [4.78, 5) is 35.4. The first-order chi connectivity index (χ1) is 15.0. The average Bonchev–Trinajstić information content (AvgIpc) is 3.30. The Labute approximate surface area is 208 Å². The molecule has 0 bridgehead atoms. The summed E-state index contributed by atoms with van der Waals surface area (Å²) in [5.74, 6) is 1.08. The Morgan fingerprint density at radius 1 is 1.06 bits per heavy atom. The standard InChI is InChI=1S/C23H36N6O2.HI/c1-4-24-23(25-17-20-8-7-9-21(16-20)26-19(3)30)29-14-12-27(13-15-29)18(2)22(31)28-10-5-6-11-28;/h7-9,16,18H,4-6,10-15,17H2,1-3H3,(H,24,25)(H,26,30);1H. The minimum atomic E-state index is -0.0793. The first kappa shape index (κ1) is 26.4. The van der Waals surface area contributed by atoms with E-state index in [-0.39, 0.29) is 41.8 Å². The van der Waals surface area contributed by atoms with Crippen molar-refractivity contribution in [2.24, 2.45) is 4.99 Å². The molecule has 9 heteroatoms. The van der Waals surface area contributed by atoms with Gasteiger partial charge in [0.25, 0.3) is 0 Å². The fraction of sp³-hybridized carbons (Fsp3) is 0.609. The summed E-state index contributed by atoms with van der Waals surface area (Å²) < 4.78 is 0. The summed E-state index contributed by atoms with van der Waals surface area (Å²) in [5.41, 5.74) is 1.83. The molecule has 1 atom stereocenters. The molecule has 2 amide bonds. The van der Waals surface area contributed by atoms with Crippen molar-refractivity contribution in [3.05, 3.63) is 29.8 Å². The molecule has 2 fully saturated rings. The predicted molar refractivity (Wildman–Crippen MR) is 139 cm³/mol. The van der Waals surface area contributed by atoms with Gasteiger partial charge in [0.2, 0.25) is 11.8 Å². The Morgan fingerprint density at radius 2 is 1.75 bits per heavy atom. The van der Waals surface area contributed by atoms with Crippen LogP contribution in [-0.4, -0.2) is 84.3 Å². The zero-order valence-corrected chi connectivity index (χ0v) is 21.8. The number of benzene rings is 1. The third-order valence-corrected chi connectivity index (χ3v) is 5.93. The van der Waals surface area contributed by atoms with Crippen LogP contribution in [0.4, 0.5) is 5.69 Å². The Morgan fingerprint density at radius 3 is 2.38 bits per heavy atom. The first-order valence-electron chi connectivity index (χ1n) is 11.4. The first-order valence-corrected chi connectivity index (χ1v) is 11.4. The van der Waals surface area contributed by atoms with Gasteiger partial charge in [-0.15, -0.1) is 24.0 Å². The van der Waals surface area contributed by atoms with E-state index >= 15 is 0 Å². The molecule has 8 nitrogen and oxygen atoms in total. The number of guanidine groups is 1. The number of halogens is 1. The lowest BCUT2D eigenvalue weighted by Crippen LogP contribution is -2.57. The van der Waals surface area contributed by atoms with Gasteiger partial charge in [0.1, 0.15) is 0 Å². The third-order valence-electron chi connectivity index (χ3n) is 5.93. The van der Waals surface area contributed by atoms with E-state index in [9.17, 15) is 9.59 Å². The predicted octanol–water partition coefficient (Wildman–Crippen LogP) is 2.36. The lowest BCUT2D eigenvalue weighted by molar-refractivity contribution is -0.135. The number of carbonyl (C=O) groups excluding carboxylic acids is 2. The Kier molecular flexibility index (Phi) is 10.7. The fourth-order valence-electron chi connectivity index (χ4n) is 4.22. The maximum Gasteiger partial charge on any atom is 0.239 e. The van der Waals surface area contributed by atoms with Crippen LogP contribution >= 0.6 is 24.0 Å². The third kappa shape index (κ3) is 7.33. The molecule has 0 aliphatic carbocycles. The maximum atomic E-state index is 12.7. The molecule has 1 aromatic carbocycles. The smallest absolute Gasteiger partial charge is 0.239 e. The van der Waals surface area contributed by atoms with Gasteiger partial charge >= 0.3 is 0 Å². The molecule has 2 heterocycles. The molecule has 2 saturated heterocycles. The van der Waals surface area contributed by atoms with Crippen LogP contribution in [0.3, 0.4) is 0 Å². The summed E-state index contributed by atoms with van der Waals surface area (Å²) in [6.07, 6.45) is 2.25. The highest BCUT2D eigenvalue weighted by Crippen LogP contribution is 2.15. The van der Waals surface area contributed by atoms with Crippen LogP contribution in [0.25, 0.3) is 0 Å². The molecule has 2 aliphatic rings. The highest BCUT2D eigenvalue weighted by atomic mass is 127. The van der Waals surface area contributed by atoms with Crippen LogP contribution in [0.15, 0.2) is 29.3 Å². The van der Waals surface area contributed by atoms with E-state index in [2.05, 4.69) is 27.4 Å². The molecular weight excluding hydrogens is 519 g/mol. The van der Waals surface area contributed by atoms with E-state index in [1.165, 1.54) is 6.92 Å². The minimum absolute atomic E-state index is 0. The van der Waals surface area contributed by atoms with Crippen molar-refractivity contribution in [3.8, 4) is 0 Å². The van der Waals surface area contributed by atoms with Gasteiger partial charge in [0.15, 0.2) is 5.96 Å². The fourth-order valence-corrected chi connectivity index (χ4v) is 4.22. The normalized spacial score (nSPS) is 18.2. The number of piperazine rings is 1. The van der Waals surface area contributed by atoms with Crippen molar-refractivity contribution < 1.29 is 9.59 Å². The Balaban J connectivity index is 0.00000363. The van der Waals surface area contributed by atoms with E-state index in [1.807, 2.05) is 36.1 Å². The van der Waals surface area contributed by atoms with Crippen LogP contribution < -0.4 is 10.6 Å². The molecule has 2 aliphatic heterocycles. The second-order valence-electron chi connectivity index (χ2n) is 8.28. The van der Waals surface area contributed by atoms with E-state index in [0.29, 0.717) is 6.54 Å². The van der Waals surface area contributed by atoms with Gasteiger partial charge in [-0.25, -0.2) is 4.99 Å². The van der Waals surface area contributed by atoms with Crippen molar-refractivity contribution in [2.75, 3.05) is 51.1 Å². The monoisotopic (exact) mass is 556 g/mol. The number of nitrogens with one attached hydrogen (secondary N) is 2. The van der Waals surface area contributed by atoms with E-state index < -0.39 is 0 Å². The SMILES string of the molecule is CCNC(=NCc1cccc(NC(C)=O)c1)N1CCN(C(C)C(=O)N2CCCC2)CC1.I. The van der Waals surface area contributed by atoms with E-state index in [1.54, 1.807) is 0 Å². The molecule has 0 spiro atoms. The number of hydrogen-bond donors (Lipinski definition) is 2. The van der Waals surface area contributed by atoms with Crippen LogP contribution in [0.1, 0.15) is 39.2 Å². The molecule has 1 unspecified atom stereocenters. The number of amides is 2. The molecule has 2 N–H and O–H groups in total. The molecular formula is C23H37IN6O2. The van der Waals surface area contributed by atoms with Gasteiger partial charge < -0.3 is 20.4 Å². The van der Waals surface area contributed by atoms with Gasteiger partial charge in [-0.2, -0.15) is 0 Å². The quantitative estimate of drug-likeness (QED) is 0.320. The van der Waals surface area contributed by atoms with Crippen LogP contribution in [0.2, 0.25) is 0 Å². The second-order valence-corrected chi connectivity index (χ2v) is 8.28. The molecule has 1 aromatic rings. The Hall–Kier alpha value is -1.88. The summed E-state index contributed by atoms with van der Waals surface area (Å²) in [7, 11) is 0. The lowest BCUT2D eigenvalue weighted by atomic mass is 10.2. The highest BCUT2D eigenvalue weighted by Gasteiger charge is 2.30. The summed E-state index contributed by atoms with van der Waals surface area (Å²) >= 11 is 0. The van der Waals surface area contributed by atoms with E-state index in [0.717, 1.165) is 75.9 Å². The number of carbonyl (C=O) groups is 2. The van der Waals surface area contributed by atoms with Crippen molar-refractivity contribution >= 4 is 47.4 Å². The number of likely N-dealkylation sites (tertiary alicyclic amines) is 1. The molecule has 178 valence electrons. The molecule has 0 saturated carbocycles. The number of rotatable bonds is 6. The number of aliphatic imine (C=N–C) groups is 1. The zero-order chi connectivity index (χ0) is 22.2. The van der Waals surface area contributed by atoms with Gasteiger partial charge in [-0.3, -0.25) is 14.5 Å². The maximum absolute atomic E-state index is 12.7. The van der Waals surface area contributed by atoms with E-state index in [4.69, 9.17) is 4.99 Å². The largest absolute Gasteiger partial charge is 0.357 e. The van der Waals surface area contributed by atoms with Crippen LogP contribution in [0, 0.1) is 0 Å². The summed E-state index contributed by atoms with van der Waals surface area (Å²) in [6, 6.07) is 7.72. The van der Waals surface area contributed by atoms with Crippen molar-refractivity contribution in [2.45, 2.75) is 46.2 Å². The molecule has 3 rings (SSSR count). The van der Waals surface area contributed by atoms with Gasteiger partial charge in [-0.05, 0) is 44.4 Å². The highest BCUT2D eigenvalue weighted by molar-refractivity contribution is 14.0. The van der Waals surface area contributed by atoms with Crippen LogP contribution in [-0.2, 0) is 16.1 Å². The topological polar surface area (TPSA) is 80.3 Å². The second kappa shape index (κ2) is 13.0. The summed E-state index contributed by atoms with van der Waals surface area (Å²) in [6.45, 7) is 12.2. The minimum Gasteiger partial charge on any atom is -0.357 e. The summed E-state index contributed by atoms with van der Waals surface area (Å²) in [5, 5.41) is 6.21. The lowest BCUT2D eigenvalue weighted by Gasteiger charge is -2.39. The van der Waals surface area contributed by atoms with Crippen molar-refractivity contribution in [1.29, 1.82) is 0 Å². The van der Waals surface area contributed by atoms with Gasteiger partial charge in [-0.1, -0.05) is 12.1 Å². The molecule has 0 aromatic heterocycles. The van der Waals surface area contributed by atoms with Crippen molar-refractivity contribution in [3.63, 3.8) is 0 Å². The van der Waals surface area contributed by atoms with Gasteiger partial charge in [0, 0.05) is 58.4 Å². The number of anilines is 1. The molecule has 32 heavy (non-hydrogen) atoms. The number of nitrogens with zero attached hydrogens (tertiary/aromatic N) is 4.